The molecular formula is C11H14N4. The average Bonchev–Trinajstić information content (AvgIpc) is 2.74. The highest BCUT2D eigenvalue weighted by atomic mass is 15.7. The Hall–Kier alpha value is -1.55. The molecule has 1 unspecified atom stereocenters. The summed E-state index contributed by atoms with van der Waals surface area (Å²) in [5.41, 5.74) is 8.33. The third kappa shape index (κ3) is 1.15. The summed E-state index contributed by atoms with van der Waals surface area (Å²) in [6, 6.07) is 8.93. The van der Waals surface area contributed by atoms with Crippen LogP contribution in [0.1, 0.15) is 23.6 Å². The van der Waals surface area contributed by atoms with Crippen LogP contribution >= 0.6 is 0 Å². The van der Waals surface area contributed by atoms with Gasteiger partial charge in [0.2, 0.25) is 5.96 Å². The van der Waals surface area contributed by atoms with Gasteiger partial charge in [-0.2, -0.15) is 0 Å². The molecule has 0 bridgehead atoms. The van der Waals surface area contributed by atoms with E-state index < -0.39 is 0 Å². The molecule has 0 spiro atoms. The molecule has 2 heterocycles. The van der Waals surface area contributed by atoms with Gasteiger partial charge in [-0.25, -0.2) is 5.01 Å². The molecule has 1 aromatic carbocycles. The van der Waals surface area contributed by atoms with E-state index >= 15 is 0 Å². The van der Waals surface area contributed by atoms with Gasteiger partial charge in [0.25, 0.3) is 0 Å². The van der Waals surface area contributed by atoms with E-state index in [1.54, 1.807) is 0 Å². The Labute approximate surface area is 88.8 Å². The normalized spacial score (nSPS) is 24.0. The van der Waals surface area contributed by atoms with Crippen LogP contribution in [0.5, 0.6) is 0 Å². The van der Waals surface area contributed by atoms with Gasteiger partial charge in [0.1, 0.15) is 0 Å². The Kier molecular flexibility index (Phi) is 1.73. The third-order valence-corrected chi connectivity index (χ3v) is 3.31. The van der Waals surface area contributed by atoms with Gasteiger partial charge in [-0.05, 0) is 17.5 Å². The molecule has 2 aliphatic heterocycles. The standard InChI is InChI=1S/C11H14N4/c12-11(13)14-6-5-10-9-4-2-1-3-8(9)7-15(10)14/h1-4,10H,5-7H2,(H3,12,13). The highest BCUT2D eigenvalue weighted by Gasteiger charge is 2.39. The Balaban J connectivity index is 1.97. The fraction of sp³-hybridized carbons (Fsp3) is 0.364. The minimum atomic E-state index is 0.158. The van der Waals surface area contributed by atoms with Crippen LogP contribution in [0.3, 0.4) is 0 Å². The van der Waals surface area contributed by atoms with Crippen molar-refractivity contribution in [2.75, 3.05) is 6.54 Å². The van der Waals surface area contributed by atoms with E-state index in [1.807, 2.05) is 5.01 Å². The zero-order valence-electron chi connectivity index (χ0n) is 8.48. The maximum absolute atomic E-state index is 7.51. The van der Waals surface area contributed by atoms with Gasteiger partial charge in [0.05, 0.1) is 6.04 Å². The summed E-state index contributed by atoms with van der Waals surface area (Å²) in [5.74, 6) is 0.158. The molecule has 4 heteroatoms. The van der Waals surface area contributed by atoms with Crippen molar-refractivity contribution in [1.29, 1.82) is 5.41 Å². The van der Waals surface area contributed by atoms with Crippen molar-refractivity contribution in [3.05, 3.63) is 35.4 Å². The fourth-order valence-corrected chi connectivity index (χ4v) is 2.64. The molecular weight excluding hydrogens is 188 g/mol. The van der Waals surface area contributed by atoms with Gasteiger partial charge in [-0.3, -0.25) is 10.4 Å². The number of fused-ring (bicyclic) bond motifs is 3. The summed E-state index contributed by atoms with van der Waals surface area (Å²) in [5, 5.41) is 11.6. The second-order valence-corrected chi connectivity index (χ2v) is 4.11. The topological polar surface area (TPSA) is 56.4 Å². The summed E-state index contributed by atoms with van der Waals surface area (Å²) >= 11 is 0. The molecule has 0 aliphatic carbocycles. The van der Waals surface area contributed by atoms with Gasteiger partial charge in [-0.1, -0.05) is 24.3 Å². The number of benzene rings is 1. The SMILES string of the molecule is N=C(N)N1CCC2c3ccccc3CN21. The quantitative estimate of drug-likeness (QED) is 0.488. The van der Waals surface area contributed by atoms with Crippen molar-refractivity contribution in [2.45, 2.75) is 19.0 Å². The van der Waals surface area contributed by atoms with E-state index in [0.29, 0.717) is 6.04 Å². The summed E-state index contributed by atoms with van der Waals surface area (Å²) in [6.07, 6.45) is 1.07. The number of hydrogen-bond acceptors (Lipinski definition) is 2. The highest BCUT2D eigenvalue weighted by Crippen LogP contribution is 2.40. The highest BCUT2D eigenvalue weighted by molar-refractivity contribution is 5.74. The summed E-state index contributed by atoms with van der Waals surface area (Å²) in [4.78, 5) is 0. The van der Waals surface area contributed by atoms with Crippen molar-refractivity contribution in [1.82, 2.24) is 10.0 Å². The number of rotatable bonds is 0. The maximum atomic E-state index is 7.51. The molecule has 1 atom stereocenters. The van der Waals surface area contributed by atoms with Crippen molar-refractivity contribution in [2.24, 2.45) is 5.73 Å². The Morgan fingerprint density at radius 2 is 2.20 bits per heavy atom. The lowest BCUT2D eigenvalue weighted by molar-refractivity contribution is 0.0680. The van der Waals surface area contributed by atoms with Crippen molar-refractivity contribution in [3.8, 4) is 0 Å². The van der Waals surface area contributed by atoms with Crippen LogP contribution in [0.2, 0.25) is 0 Å². The van der Waals surface area contributed by atoms with Crippen molar-refractivity contribution in [3.63, 3.8) is 0 Å². The molecule has 1 fully saturated rings. The lowest BCUT2D eigenvalue weighted by Gasteiger charge is -2.27. The molecule has 0 saturated carbocycles. The molecule has 78 valence electrons. The number of nitrogens with one attached hydrogen (secondary N) is 1. The van der Waals surface area contributed by atoms with Crippen molar-refractivity contribution < 1.29 is 0 Å². The van der Waals surface area contributed by atoms with E-state index in [2.05, 4.69) is 29.3 Å². The summed E-state index contributed by atoms with van der Waals surface area (Å²) in [6.45, 7) is 1.76. The van der Waals surface area contributed by atoms with E-state index in [9.17, 15) is 0 Å². The molecule has 1 aromatic rings. The first-order valence-electron chi connectivity index (χ1n) is 5.23. The van der Waals surface area contributed by atoms with Gasteiger partial charge < -0.3 is 5.73 Å². The minimum Gasteiger partial charge on any atom is -0.369 e. The minimum absolute atomic E-state index is 0.158. The third-order valence-electron chi connectivity index (χ3n) is 3.31. The maximum Gasteiger partial charge on any atom is 0.203 e. The Morgan fingerprint density at radius 3 is 3.00 bits per heavy atom. The summed E-state index contributed by atoms with van der Waals surface area (Å²) in [7, 11) is 0. The molecule has 0 amide bonds. The number of nitrogens with two attached hydrogens (primary N) is 1. The van der Waals surface area contributed by atoms with Crippen LogP contribution in [0.25, 0.3) is 0 Å². The van der Waals surface area contributed by atoms with Gasteiger partial charge in [0.15, 0.2) is 0 Å². The van der Waals surface area contributed by atoms with Crippen LogP contribution in [0.15, 0.2) is 24.3 Å². The molecule has 2 aliphatic rings. The molecule has 3 N–H and O–H groups in total. The second kappa shape index (κ2) is 2.97. The Bertz CT molecular complexity index is 415. The monoisotopic (exact) mass is 202 g/mol. The van der Waals surface area contributed by atoms with Crippen LogP contribution < -0.4 is 5.73 Å². The number of hydrogen-bond donors (Lipinski definition) is 2. The molecule has 0 aromatic heterocycles. The molecule has 1 saturated heterocycles. The van der Waals surface area contributed by atoms with Gasteiger partial charge in [-0.15, -0.1) is 0 Å². The zero-order valence-corrected chi connectivity index (χ0v) is 8.48. The first-order valence-corrected chi connectivity index (χ1v) is 5.23. The lowest BCUT2D eigenvalue weighted by atomic mass is 10.0. The van der Waals surface area contributed by atoms with Crippen molar-refractivity contribution >= 4 is 5.96 Å². The Morgan fingerprint density at radius 1 is 1.40 bits per heavy atom. The molecule has 0 radical (unpaired) electrons. The lowest BCUT2D eigenvalue weighted by Crippen LogP contribution is -2.43. The van der Waals surface area contributed by atoms with Gasteiger partial charge in [0, 0.05) is 13.1 Å². The second-order valence-electron chi connectivity index (χ2n) is 4.11. The zero-order chi connectivity index (χ0) is 10.4. The number of nitrogens with zero attached hydrogens (tertiary/aromatic N) is 2. The number of guanidine groups is 1. The van der Waals surface area contributed by atoms with E-state index in [1.165, 1.54) is 11.1 Å². The summed E-state index contributed by atoms with van der Waals surface area (Å²) < 4.78 is 0. The predicted molar refractivity (Wildman–Crippen MR) is 58.0 cm³/mol. The first-order chi connectivity index (χ1) is 7.27. The fourth-order valence-electron chi connectivity index (χ4n) is 2.64. The average molecular weight is 202 g/mol. The molecule has 15 heavy (non-hydrogen) atoms. The smallest absolute Gasteiger partial charge is 0.203 e. The molecule has 3 rings (SSSR count). The van der Waals surface area contributed by atoms with Crippen LogP contribution in [0, 0.1) is 5.41 Å². The van der Waals surface area contributed by atoms with Crippen LogP contribution in [0.4, 0.5) is 0 Å². The first kappa shape index (κ1) is 8.73. The number of hydrazine groups is 1. The molecule has 4 nitrogen and oxygen atoms in total. The van der Waals surface area contributed by atoms with E-state index in [-0.39, 0.29) is 5.96 Å². The van der Waals surface area contributed by atoms with Crippen LogP contribution in [-0.2, 0) is 6.54 Å². The van der Waals surface area contributed by atoms with E-state index in [4.69, 9.17) is 11.1 Å². The van der Waals surface area contributed by atoms with Crippen LogP contribution in [-0.4, -0.2) is 22.5 Å². The largest absolute Gasteiger partial charge is 0.369 e. The van der Waals surface area contributed by atoms with E-state index in [0.717, 1.165) is 19.5 Å². The predicted octanol–water partition coefficient (Wildman–Crippen LogP) is 1.06. The van der Waals surface area contributed by atoms with Gasteiger partial charge >= 0.3 is 0 Å².